The number of ether oxygens (including phenoxy) is 2. The van der Waals surface area contributed by atoms with Crippen molar-refractivity contribution in [3.63, 3.8) is 0 Å². The summed E-state index contributed by atoms with van der Waals surface area (Å²) in [6, 6.07) is 4.31. The number of halogens is 3. The SMILES string of the molecule is O=C(Nc1cccc(C(F)(F)F)c1)c1occ2c1OCCO2. The van der Waals surface area contributed by atoms with Crippen molar-refractivity contribution in [2.75, 3.05) is 18.5 Å². The van der Waals surface area contributed by atoms with Gasteiger partial charge >= 0.3 is 6.18 Å². The van der Waals surface area contributed by atoms with Crippen LogP contribution in [0.25, 0.3) is 0 Å². The van der Waals surface area contributed by atoms with Crippen LogP contribution in [0, 0.1) is 0 Å². The molecular formula is C14H10F3NO4. The Balaban J connectivity index is 1.82. The molecule has 1 aliphatic rings. The molecule has 1 amide bonds. The Morgan fingerprint density at radius 3 is 2.73 bits per heavy atom. The van der Waals surface area contributed by atoms with E-state index in [9.17, 15) is 18.0 Å². The normalized spacial score (nSPS) is 13.8. The number of anilines is 1. The van der Waals surface area contributed by atoms with E-state index in [1.807, 2.05) is 0 Å². The first-order valence-corrected chi connectivity index (χ1v) is 6.31. The highest BCUT2D eigenvalue weighted by Gasteiger charge is 2.31. The Morgan fingerprint density at radius 2 is 1.95 bits per heavy atom. The average Bonchev–Trinajstić information content (AvgIpc) is 2.90. The third kappa shape index (κ3) is 2.72. The molecule has 116 valence electrons. The second kappa shape index (κ2) is 5.28. The Morgan fingerprint density at radius 1 is 1.18 bits per heavy atom. The van der Waals surface area contributed by atoms with Gasteiger partial charge in [0, 0.05) is 5.69 Å². The summed E-state index contributed by atoms with van der Waals surface area (Å²) in [4.78, 5) is 12.1. The molecule has 3 rings (SSSR count). The number of amides is 1. The number of benzene rings is 1. The molecule has 8 heteroatoms. The van der Waals surface area contributed by atoms with Gasteiger partial charge in [0.15, 0.2) is 0 Å². The fourth-order valence-electron chi connectivity index (χ4n) is 1.98. The summed E-state index contributed by atoms with van der Waals surface area (Å²) in [6.07, 6.45) is -3.27. The number of carbonyl (C=O) groups excluding carboxylic acids is 1. The molecule has 1 N–H and O–H groups in total. The molecule has 2 aromatic rings. The van der Waals surface area contributed by atoms with Crippen molar-refractivity contribution in [2.24, 2.45) is 0 Å². The van der Waals surface area contributed by atoms with Crippen LogP contribution in [-0.4, -0.2) is 19.1 Å². The number of rotatable bonds is 2. The molecule has 0 saturated carbocycles. The van der Waals surface area contributed by atoms with Gasteiger partial charge < -0.3 is 19.2 Å². The number of alkyl halides is 3. The molecule has 0 bridgehead atoms. The van der Waals surface area contributed by atoms with E-state index in [1.165, 1.54) is 18.4 Å². The maximum Gasteiger partial charge on any atom is 0.416 e. The molecule has 0 fully saturated rings. The zero-order chi connectivity index (χ0) is 15.7. The van der Waals surface area contributed by atoms with E-state index in [0.29, 0.717) is 12.4 Å². The van der Waals surface area contributed by atoms with Crippen molar-refractivity contribution < 1.29 is 31.9 Å². The Kier molecular flexibility index (Phi) is 3.44. The Hall–Kier alpha value is -2.64. The molecule has 0 saturated heterocycles. The lowest BCUT2D eigenvalue weighted by molar-refractivity contribution is -0.137. The minimum atomic E-state index is -4.48. The van der Waals surface area contributed by atoms with Crippen molar-refractivity contribution in [1.29, 1.82) is 0 Å². The van der Waals surface area contributed by atoms with Gasteiger partial charge in [0.2, 0.25) is 17.3 Å². The smallest absolute Gasteiger partial charge is 0.416 e. The predicted octanol–water partition coefficient (Wildman–Crippen LogP) is 3.32. The number of fused-ring (bicyclic) bond motifs is 1. The van der Waals surface area contributed by atoms with E-state index in [4.69, 9.17) is 13.9 Å². The molecule has 1 aliphatic heterocycles. The van der Waals surface area contributed by atoms with Gasteiger partial charge in [-0.15, -0.1) is 0 Å². The van der Waals surface area contributed by atoms with Crippen molar-refractivity contribution in [2.45, 2.75) is 6.18 Å². The van der Waals surface area contributed by atoms with Gasteiger partial charge in [-0.2, -0.15) is 13.2 Å². The quantitative estimate of drug-likeness (QED) is 0.924. The fourth-order valence-corrected chi connectivity index (χ4v) is 1.98. The van der Waals surface area contributed by atoms with Crippen LogP contribution in [0.5, 0.6) is 11.5 Å². The van der Waals surface area contributed by atoms with Crippen molar-refractivity contribution in [3.05, 3.63) is 41.9 Å². The minimum absolute atomic E-state index is 0.00158. The first-order chi connectivity index (χ1) is 10.4. The van der Waals surface area contributed by atoms with Crippen molar-refractivity contribution in [1.82, 2.24) is 0 Å². The highest BCUT2D eigenvalue weighted by Crippen LogP contribution is 2.36. The summed E-state index contributed by atoms with van der Waals surface area (Å²) in [5.41, 5.74) is -0.854. The lowest BCUT2D eigenvalue weighted by Gasteiger charge is -2.14. The maximum absolute atomic E-state index is 12.6. The lowest BCUT2D eigenvalue weighted by Crippen LogP contribution is -2.18. The van der Waals surface area contributed by atoms with Gasteiger partial charge in [0.1, 0.15) is 19.5 Å². The second-order valence-electron chi connectivity index (χ2n) is 4.49. The minimum Gasteiger partial charge on any atom is -0.483 e. The Labute approximate surface area is 122 Å². The van der Waals surface area contributed by atoms with Gasteiger partial charge in [0.05, 0.1) is 5.56 Å². The number of hydrogen-bond acceptors (Lipinski definition) is 4. The molecule has 0 radical (unpaired) electrons. The van der Waals surface area contributed by atoms with E-state index < -0.39 is 17.6 Å². The monoisotopic (exact) mass is 313 g/mol. The third-order valence-corrected chi connectivity index (χ3v) is 2.96. The highest BCUT2D eigenvalue weighted by atomic mass is 19.4. The number of nitrogens with one attached hydrogen (secondary N) is 1. The van der Waals surface area contributed by atoms with E-state index in [2.05, 4.69) is 5.32 Å². The fraction of sp³-hybridized carbons (Fsp3) is 0.214. The van der Waals surface area contributed by atoms with Crippen LogP contribution in [0.2, 0.25) is 0 Å². The largest absolute Gasteiger partial charge is 0.483 e. The predicted molar refractivity (Wildman–Crippen MR) is 69.1 cm³/mol. The van der Waals surface area contributed by atoms with E-state index >= 15 is 0 Å². The van der Waals surface area contributed by atoms with Gasteiger partial charge in [-0.1, -0.05) is 6.07 Å². The zero-order valence-corrected chi connectivity index (χ0v) is 11.1. The molecule has 5 nitrogen and oxygen atoms in total. The molecular weight excluding hydrogens is 303 g/mol. The summed E-state index contributed by atoms with van der Waals surface area (Å²) in [5.74, 6) is -0.422. The van der Waals surface area contributed by atoms with E-state index in [-0.39, 0.29) is 23.8 Å². The second-order valence-corrected chi connectivity index (χ2v) is 4.49. The van der Waals surface area contributed by atoms with Gasteiger partial charge in [-0.3, -0.25) is 4.79 Å². The summed E-state index contributed by atoms with van der Waals surface area (Å²) in [5, 5.41) is 2.34. The molecule has 0 atom stereocenters. The molecule has 0 spiro atoms. The standard InChI is InChI=1S/C14H10F3NO4/c15-14(16,17)8-2-1-3-9(6-8)18-13(19)12-11-10(7-22-12)20-4-5-21-11/h1-3,6-7H,4-5H2,(H,18,19). The Bertz CT molecular complexity index is 708. The van der Waals surface area contributed by atoms with Crippen LogP contribution in [0.4, 0.5) is 18.9 Å². The van der Waals surface area contributed by atoms with E-state index in [1.54, 1.807) is 0 Å². The third-order valence-electron chi connectivity index (χ3n) is 2.96. The molecule has 0 unspecified atom stereocenters. The highest BCUT2D eigenvalue weighted by molar-refractivity contribution is 6.04. The molecule has 2 heterocycles. The van der Waals surface area contributed by atoms with Crippen LogP contribution >= 0.6 is 0 Å². The van der Waals surface area contributed by atoms with Crippen LogP contribution in [0.15, 0.2) is 34.9 Å². The van der Waals surface area contributed by atoms with Gasteiger partial charge in [-0.05, 0) is 18.2 Å². The van der Waals surface area contributed by atoms with Crippen molar-refractivity contribution >= 4 is 11.6 Å². The molecule has 0 aliphatic carbocycles. The van der Waals surface area contributed by atoms with Crippen LogP contribution < -0.4 is 14.8 Å². The zero-order valence-electron chi connectivity index (χ0n) is 11.1. The number of furan rings is 1. The number of hydrogen-bond donors (Lipinski definition) is 1. The summed E-state index contributed by atoms with van der Waals surface area (Å²) >= 11 is 0. The molecule has 22 heavy (non-hydrogen) atoms. The van der Waals surface area contributed by atoms with Crippen LogP contribution in [0.3, 0.4) is 0 Å². The first-order valence-electron chi connectivity index (χ1n) is 6.31. The topological polar surface area (TPSA) is 60.7 Å². The molecule has 1 aromatic carbocycles. The van der Waals surface area contributed by atoms with Crippen molar-refractivity contribution in [3.8, 4) is 11.5 Å². The first kappa shape index (κ1) is 14.3. The summed E-state index contributed by atoms with van der Waals surface area (Å²) < 4.78 is 53.5. The van der Waals surface area contributed by atoms with Crippen LogP contribution in [0.1, 0.15) is 16.1 Å². The van der Waals surface area contributed by atoms with Gasteiger partial charge in [-0.25, -0.2) is 0 Å². The van der Waals surface area contributed by atoms with Crippen LogP contribution in [-0.2, 0) is 6.18 Å². The average molecular weight is 313 g/mol. The maximum atomic E-state index is 12.6. The van der Waals surface area contributed by atoms with E-state index in [0.717, 1.165) is 12.1 Å². The summed E-state index contributed by atoms with van der Waals surface area (Å²) in [7, 11) is 0. The molecule has 1 aromatic heterocycles. The van der Waals surface area contributed by atoms with Gasteiger partial charge in [0.25, 0.3) is 5.91 Å². The number of carbonyl (C=O) groups is 1. The lowest BCUT2D eigenvalue weighted by atomic mass is 10.2. The summed E-state index contributed by atoms with van der Waals surface area (Å²) in [6.45, 7) is 0.595.